The average molecular weight is 658 g/mol. The predicted octanol–water partition coefficient (Wildman–Crippen LogP) is 4.93. The summed E-state index contributed by atoms with van der Waals surface area (Å²) in [5, 5.41) is 19.8. The van der Waals surface area contributed by atoms with Crippen molar-refractivity contribution < 1.29 is 55.6 Å². The number of benzene rings is 4. The summed E-state index contributed by atoms with van der Waals surface area (Å²) in [5.74, 6) is -5.66. The molecule has 46 heavy (non-hydrogen) atoms. The molecule has 1 fully saturated rings. The molecule has 0 spiro atoms. The van der Waals surface area contributed by atoms with Crippen LogP contribution in [-0.4, -0.2) is 66.0 Å². The number of nitrogens with zero attached hydrogens (tertiary/aromatic N) is 1. The summed E-state index contributed by atoms with van der Waals surface area (Å²) in [6.45, 7) is -0.634. The number of nitro benzene ring substituents is 1. The molecule has 15 heteroatoms. The van der Waals surface area contributed by atoms with E-state index >= 15 is 0 Å². The van der Waals surface area contributed by atoms with Gasteiger partial charge in [0.25, 0.3) is 15.8 Å². The topological polar surface area (TPSA) is 180 Å². The molecule has 1 aliphatic rings. The fourth-order valence-electron chi connectivity index (χ4n) is 4.17. The van der Waals surface area contributed by atoms with Crippen LogP contribution in [-0.2, 0) is 24.3 Å². The van der Waals surface area contributed by atoms with Crippen molar-refractivity contribution in [1.82, 2.24) is 0 Å². The summed E-state index contributed by atoms with van der Waals surface area (Å²) in [4.78, 5) is 33.8. The summed E-state index contributed by atoms with van der Waals surface area (Å²) < 4.78 is 73.3. The number of hydrogen-bond acceptors (Lipinski definition) is 10. The second-order valence-corrected chi connectivity index (χ2v) is 11.1. The zero-order valence-corrected chi connectivity index (χ0v) is 24.3. The van der Waals surface area contributed by atoms with Crippen LogP contribution in [0.15, 0.2) is 114 Å². The predicted molar refractivity (Wildman–Crippen MR) is 157 cm³/mol. The fraction of sp³-hybridized carbons (Fsp3) is 0.161. The van der Waals surface area contributed by atoms with E-state index in [-0.39, 0.29) is 21.7 Å². The number of non-ortho nitro benzene ring substituents is 1. The van der Waals surface area contributed by atoms with Crippen molar-refractivity contribution in [3.8, 4) is 11.1 Å². The van der Waals surface area contributed by atoms with Crippen LogP contribution in [0.2, 0.25) is 0 Å². The Kier molecular flexibility index (Phi) is 10.5. The molecular formula is C31H25F2NO11S. The van der Waals surface area contributed by atoms with Crippen molar-refractivity contribution in [2.75, 3.05) is 6.61 Å². The minimum atomic E-state index is -4.27. The lowest BCUT2D eigenvalue weighted by molar-refractivity contribution is -0.384. The molecule has 2 N–H and O–H groups in total. The van der Waals surface area contributed by atoms with Crippen LogP contribution in [0.5, 0.6) is 0 Å². The first kappa shape index (κ1) is 33.8. The normalized spacial score (nSPS) is 18.5. The monoisotopic (exact) mass is 657 g/mol. The third-order valence-electron chi connectivity index (χ3n) is 6.55. The second-order valence-electron chi connectivity index (χ2n) is 9.66. The van der Waals surface area contributed by atoms with Gasteiger partial charge in [0.1, 0.15) is 12.7 Å². The molecule has 240 valence electrons. The molecule has 0 aromatic heterocycles. The number of aliphatic hydroxyl groups is 1. The Morgan fingerprint density at radius 1 is 0.826 bits per heavy atom. The van der Waals surface area contributed by atoms with Gasteiger partial charge in [-0.3, -0.25) is 14.7 Å². The molecule has 0 radical (unpaired) electrons. The van der Waals surface area contributed by atoms with Crippen molar-refractivity contribution in [3.05, 3.63) is 130 Å². The highest BCUT2D eigenvalue weighted by molar-refractivity contribution is 7.85. The van der Waals surface area contributed by atoms with Crippen LogP contribution in [0.25, 0.3) is 11.1 Å². The van der Waals surface area contributed by atoms with Gasteiger partial charge in [-0.15, -0.1) is 0 Å². The lowest BCUT2D eigenvalue weighted by Crippen LogP contribution is -2.44. The van der Waals surface area contributed by atoms with Gasteiger partial charge in [0.05, 0.1) is 20.9 Å². The molecule has 1 heterocycles. The van der Waals surface area contributed by atoms with E-state index in [4.69, 9.17) is 18.8 Å². The summed E-state index contributed by atoms with van der Waals surface area (Å²) in [5.41, 5.74) is 1.80. The molecule has 0 bridgehead atoms. The molecule has 1 aliphatic heterocycles. The molecule has 0 amide bonds. The van der Waals surface area contributed by atoms with Gasteiger partial charge < -0.3 is 19.3 Å². The van der Waals surface area contributed by atoms with E-state index < -0.39 is 58.0 Å². The number of hydrogen-bond donors (Lipinski definition) is 2. The number of halogens is 2. The standard InChI is InChI=1S/C25H20F2O6.C6H5NO5S/c26-25(27)21(20(32-24(25)30)15-31-22(28)18-9-5-2-6-10-18)33-23(29)19-13-11-17(12-14-19)16-7-3-1-4-8-16;8-7(9)5-1-3-6(4-2-5)13(10,11)12/h1-14,20-21,24,30H,15H2;1-4H,(H,10,11,12)/t20-,21-,24?;/m1./s1. The molecule has 0 saturated carbocycles. The first-order chi connectivity index (χ1) is 21.8. The fourth-order valence-corrected chi connectivity index (χ4v) is 4.65. The largest absolute Gasteiger partial charge is 0.459 e. The molecular weight excluding hydrogens is 632 g/mol. The van der Waals surface area contributed by atoms with Crippen molar-refractivity contribution in [2.45, 2.75) is 29.3 Å². The summed E-state index contributed by atoms with van der Waals surface area (Å²) >= 11 is 0. The van der Waals surface area contributed by atoms with Crippen molar-refractivity contribution in [3.63, 3.8) is 0 Å². The third kappa shape index (κ3) is 8.33. The lowest BCUT2D eigenvalue weighted by Gasteiger charge is -2.22. The highest BCUT2D eigenvalue weighted by atomic mass is 32.2. The first-order valence-corrected chi connectivity index (χ1v) is 14.7. The van der Waals surface area contributed by atoms with Gasteiger partial charge >= 0.3 is 17.9 Å². The number of rotatable bonds is 8. The molecule has 1 unspecified atom stereocenters. The molecule has 12 nitrogen and oxygen atoms in total. The summed E-state index contributed by atoms with van der Waals surface area (Å²) in [6.07, 6.45) is -6.19. The van der Waals surface area contributed by atoms with Crippen molar-refractivity contribution >= 4 is 27.7 Å². The summed E-state index contributed by atoms with van der Waals surface area (Å²) in [7, 11) is -4.27. The highest BCUT2D eigenvalue weighted by Crippen LogP contribution is 2.38. The Labute approximate surface area is 260 Å². The molecule has 4 aromatic carbocycles. The minimum absolute atomic E-state index is 0.0481. The van der Waals surface area contributed by atoms with Gasteiger partial charge in [0, 0.05) is 12.1 Å². The maximum atomic E-state index is 14.5. The first-order valence-electron chi connectivity index (χ1n) is 13.3. The Hall–Kier alpha value is -5.09. The molecule has 1 saturated heterocycles. The van der Waals surface area contributed by atoms with E-state index in [0.29, 0.717) is 0 Å². The van der Waals surface area contributed by atoms with Crippen molar-refractivity contribution in [1.29, 1.82) is 0 Å². The highest BCUT2D eigenvalue weighted by Gasteiger charge is 2.61. The average Bonchev–Trinajstić information content (AvgIpc) is 3.27. The van der Waals surface area contributed by atoms with Crippen LogP contribution >= 0.6 is 0 Å². The number of aliphatic hydroxyl groups excluding tert-OH is 1. The number of nitro groups is 1. The Bertz CT molecular complexity index is 1770. The molecule has 3 atom stereocenters. The van der Waals surface area contributed by atoms with Gasteiger partial charge in [0.2, 0.25) is 6.29 Å². The van der Waals surface area contributed by atoms with E-state index in [1.807, 2.05) is 30.3 Å². The number of esters is 2. The van der Waals surface area contributed by atoms with Crippen LogP contribution in [0.3, 0.4) is 0 Å². The number of carbonyl (C=O) groups is 2. The van der Waals surface area contributed by atoms with Crippen LogP contribution in [0, 0.1) is 10.1 Å². The second kappa shape index (κ2) is 14.3. The Morgan fingerprint density at radius 3 is 1.89 bits per heavy atom. The molecule has 0 aliphatic carbocycles. The van der Waals surface area contributed by atoms with E-state index in [9.17, 15) is 42.0 Å². The van der Waals surface area contributed by atoms with Crippen LogP contribution in [0.4, 0.5) is 14.5 Å². The summed E-state index contributed by atoms with van der Waals surface area (Å²) in [6, 6.07) is 27.5. The molecule has 4 aromatic rings. The zero-order chi connectivity index (χ0) is 33.5. The third-order valence-corrected chi connectivity index (χ3v) is 7.41. The van der Waals surface area contributed by atoms with Gasteiger partial charge in [-0.1, -0.05) is 60.7 Å². The number of ether oxygens (including phenoxy) is 3. The van der Waals surface area contributed by atoms with Gasteiger partial charge in [-0.2, -0.15) is 17.2 Å². The van der Waals surface area contributed by atoms with Gasteiger partial charge in [-0.25, -0.2) is 9.59 Å². The Morgan fingerprint density at radius 2 is 1.35 bits per heavy atom. The van der Waals surface area contributed by atoms with E-state index in [1.165, 1.54) is 24.3 Å². The number of alkyl halides is 2. The maximum Gasteiger partial charge on any atom is 0.338 e. The number of carbonyl (C=O) groups excluding carboxylic acids is 2. The smallest absolute Gasteiger partial charge is 0.338 e. The van der Waals surface area contributed by atoms with Crippen LogP contribution < -0.4 is 0 Å². The Balaban J connectivity index is 0.000000310. The van der Waals surface area contributed by atoms with E-state index in [2.05, 4.69) is 0 Å². The van der Waals surface area contributed by atoms with Crippen molar-refractivity contribution in [2.24, 2.45) is 0 Å². The SMILES string of the molecule is O=C(OC[C@H]1OC(O)C(F)(F)[C@@H]1OC(=O)c1ccc(-c2ccccc2)cc1)c1ccccc1.O=[N+]([O-])c1ccc(S(=O)(=O)O)cc1. The van der Waals surface area contributed by atoms with Gasteiger partial charge in [-0.05, 0) is 47.5 Å². The lowest BCUT2D eigenvalue weighted by atomic mass is 10.0. The van der Waals surface area contributed by atoms with E-state index in [0.717, 1.165) is 35.4 Å². The maximum absolute atomic E-state index is 14.5. The minimum Gasteiger partial charge on any atom is -0.459 e. The van der Waals surface area contributed by atoms with E-state index in [1.54, 1.807) is 30.3 Å². The molecule has 5 rings (SSSR count). The van der Waals surface area contributed by atoms with Crippen LogP contribution in [0.1, 0.15) is 20.7 Å². The quantitative estimate of drug-likeness (QED) is 0.114. The zero-order valence-electron chi connectivity index (χ0n) is 23.5. The van der Waals surface area contributed by atoms with Gasteiger partial charge in [0.15, 0.2) is 6.10 Å².